The van der Waals surface area contributed by atoms with Crippen molar-refractivity contribution in [2.75, 3.05) is 26.9 Å². The molecule has 6 nitrogen and oxygen atoms in total. The fraction of sp³-hybridized carbons (Fsp3) is 0.857. The average molecular weight is 285 g/mol. The van der Waals surface area contributed by atoms with Gasteiger partial charge in [-0.25, -0.2) is 4.79 Å². The van der Waals surface area contributed by atoms with Crippen molar-refractivity contribution >= 4 is 11.9 Å². The number of hydrogen-bond acceptors (Lipinski definition) is 4. The van der Waals surface area contributed by atoms with Crippen LogP contribution in [0.5, 0.6) is 0 Å². The molecule has 0 saturated carbocycles. The van der Waals surface area contributed by atoms with E-state index >= 15 is 0 Å². The topological polar surface area (TPSA) is 76.1 Å². The van der Waals surface area contributed by atoms with Gasteiger partial charge in [0.15, 0.2) is 0 Å². The van der Waals surface area contributed by atoms with Crippen molar-refractivity contribution in [2.45, 2.75) is 44.2 Å². The first-order valence-corrected chi connectivity index (χ1v) is 7.24. The molecule has 2 rings (SSSR count). The van der Waals surface area contributed by atoms with E-state index in [-0.39, 0.29) is 12.0 Å². The average Bonchev–Trinajstić information content (AvgIpc) is 2.90. The van der Waals surface area contributed by atoms with E-state index in [2.05, 4.69) is 0 Å². The summed E-state index contributed by atoms with van der Waals surface area (Å²) in [5.74, 6) is -0.482. The summed E-state index contributed by atoms with van der Waals surface area (Å²) in [7, 11) is 1.56. The van der Waals surface area contributed by atoms with Crippen molar-refractivity contribution in [1.82, 2.24) is 4.90 Å². The van der Waals surface area contributed by atoms with Gasteiger partial charge in [0.1, 0.15) is 6.04 Å². The number of carbonyl (C=O) groups excluding carboxylic acids is 1. The molecule has 0 aromatic carbocycles. The third-order valence-corrected chi connectivity index (χ3v) is 4.31. The van der Waals surface area contributed by atoms with Gasteiger partial charge >= 0.3 is 5.97 Å². The highest BCUT2D eigenvalue weighted by molar-refractivity contribution is 5.84. The number of aliphatic carboxylic acids is 1. The van der Waals surface area contributed by atoms with E-state index in [9.17, 15) is 14.7 Å². The van der Waals surface area contributed by atoms with Crippen LogP contribution in [0.4, 0.5) is 0 Å². The van der Waals surface area contributed by atoms with E-state index in [0.717, 1.165) is 32.5 Å². The van der Waals surface area contributed by atoms with Crippen LogP contribution in [0.25, 0.3) is 0 Å². The highest BCUT2D eigenvalue weighted by Gasteiger charge is 2.39. The molecule has 0 aromatic rings. The Morgan fingerprint density at radius 1 is 1.35 bits per heavy atom. The van der Waals surface area contributed by atoms with Crippen LogP contribution in [-0.2, 0) is 19.1 Å². The van der Waals surface area contributed by atoms with Crippen LogP contribution in [-0.4, -0.2) is 60.9 Å². The van der Waals surface area contributed by atoms with Gasteiger partial charge in [-0.1, -0.05) is 0 Å². The molecule has 6 heteroatoms. The van der Waals surface area contributed by atoms with E-state index in [1.54, 1.807) is 7.11 Å². The number of methoxy groups -OCH3 is 1. The quantitative estimate of drug-likeness (QED) is 0.812. The number of carboxylic acids is 1. The number of carboxylic acid groups (broad SMARTS) is 1. The summed E-state index contributed by atoms with van der Waals surface area (Å²) < 4.78 is 10.5. The summed E-state index contributed by atoms with van der Waals surface area (Å²) in [4.78, 5) is 24.9. The molecule has 1 amide bonds. The van der Waals surface area contributed by atoms with Gasteiger partial charge < -0.3 is 19.5 Å². The van der Waals surface area contributed by atoms with Crippen LogP contribution in [0.3, 0.4) is 0 Å². The number of hydrogen-bond donors (Lipinski definition) is 1. The van der Waals surface area contributed by atoms with Gasteiger partial charge in [0.05, 0.1) is 6.10 Å². The number of nitrogens with zero attached hydrogens (tertiary/aromatic N) is 1. The Bertz CT molecular complexity index is 353. The monoisotopic (exact) mass is 285 g/mol. The minimum absolute atomic E-state index is 0.0663. The minimum Gasteiger partial charge on any atom is -0.480 e. The smallest absolute Gasteiger partial charge is 0.326 e. The Morgan fingerprint density at radius 3 is 2.65 bits per heavy atom. The van der Waals surface area contributed by atoms with Crippen molar-refractivity contribution in [3.05, 3.63) is 0 Å². The lowest BCUT2D eigenvalue weighted by molar-refractivity contribution is -0.148. The lowest BCUT2D eigenvalue weighted by atomic mass is 9.94. The number of likely N-dealkylation sites (tertiary alicyclic amines) is 1. The second-order valence-corrected chi connectivity index (χ2v) is 5.59. The number of rotatable bonds is 5. The number of carbonyl (C=O) groups is 2. The zero-order valence-corrected chi connectivity index (χ0v) is 11.9. The summed E-state index contributed by atoms with van der Waals surface area (Å²) in [5.41, 5.74) is 0. The predicted octanol–water partition coefficient (Wildman–Crippen LogP) is 0.894. The summed E-state index contributed by atoms with van der Waals surface area (Å²) in [6.45, 7) is 1.93. The van der Waals surface area contributed by atoms with E-state index in [0.29, 0.717) is 25.3 Å². The molecule has 114 valence electrons. The molecule has 2 saturated heterocycles. The molecule has 0 spiro atoms. The molecule has 2 fully saturated rings. The molecule has 2 unspecified atom stereocenters. The Kier molecular flexibility index (Phi) is 5.37. The highest BCUT2D eigenvalue weighted by atomic mass is 16.5. The second kappa shape index (κ2) is 7.04. The summed E-state index contributed by atoms with van der Waals surface area (Å²) in [5, 5.41) is 9.20. The van der Waals surface area contributed by atoms with E-state index < -0.39 is 12.0 Å². The molecule has 2 aliphatic heterocycles. The minimum atomic E-state index is -0.941. The maximum atomic E-state index is 12.2. The normalized spacial score (nSPS) is 27.8. The van der Waals surface area contributed by atoms with Crippen molar-refractivity contribution in [3.8, 4) is 0 Å². The van der Waals surface area contributed by atoms with E-state index in [1.165, 1.54) is 4.90 Å². The first-order chi connectivity index (χ1) is 9.61. The molecule has 20 heavy (non-hydrogen) atoms. The Hall–Kier alpha value is -1.14. The van der Waals surface area contributed by atoms with E-state index in [1.807, 2.05) is 0 Å². The van der Waals surface area contributed by atoms with Crippen LogP contribution in [0.2, 0.25) is 0 Å². The van der Waals surface area contributed by atoms with E-state index in [4.69, 9.17) is 9.47 Å². The number of ether oxygens (including phenoxy) is 2. The Labute approximate surface area is 119 Å². The molecule has 0 aliphatic carbocycles. The number of amides is 1. The fourth-order valence-electron chi connectivity index (χ4n) is 2.98. The van der Waals surface area contributed by atoms with Crippen molar-refractivity contribution in [1.29, 1.82) is 0 Å². The van der Waals surface area contributed by atoms with Gasteiger partial charge in [-0.15, -0.1) is 0 Å². The largest absolute Gasteiger partial charge is 0.480 e. The molecule has 0 radical (unpaired) electrons. The molecular weight excluding hydrogens is 262 g/mol. The lowest BCUT2D eigenvalue weighted by Gasteiger charge is -2.24. The van der Waals surface area contributed by atoms with Crippen molar-refractivity contribution in [3.63, 3.8) is 0 Å². The van der Waals surface area contributed by atoms with Crippen LogP contribution in [0, 0.1) is 5.92 Å². The Balaban J connectivity index is 1.85. The molecule has 0 bridgehead atoms. The van der Waals surface area contributed by atoms with Crippen LogP contribution in [0.15, 0.2) is 0 Å². The molecule has 2 aliphatic rings. The molecule has 1 N–H and O–H groups in total. The van der Waals surface area contributed by atoms with Gasteiger partial charge in [0.2, 0.25) is 5.91 Å². The second-order valence-electron chi connectivity index (χ2n) is 5.59. The standard InChI is InChI=1S/C14H23NO5/c1-19-11-8-12(14(17)18)15(9-11)13(16)3-2-10-4-6-20-7-5-10/h10-12H,2-9H2,1H3,(H,17,18). The molecule has 0 aromatic heterocycles. The zero-order chi connectivity index (χ0) is 14.5. The fourth-order valence-corrected chi connectivity index (χ4v) is 2.98. The Morgan fingerprint density at radius 2 is 2.05 bits per heavy atom. The maximum Gasteiger partial charge on any atom is 0.326 e. The van der Waals surface area contributed by atoms with Gasteiger partial charge in [-0.05, 0) is 25.2 Å². The van der Waals surface area contributed by atoms with Gasteiger partial charge in [0.25, 0.3) is 0 Å². The molecule has 2 atom stereocenters. The van der Waals surface area contributed by atoms with Gasteiger partial charge in [-0.2, -0.15) is 0 Å². The molecular formula is C14H23NO5. The van der Waals surface area contributed by atoms with Crippen molar-refractivity contribution in [2.24, 2.45) is 5.92 Å². The zero-order valence-electron chi connectivity index (χ0n) is 11.9. The third kappa shape index (κ3) is 3.70. The van der Waals surface area contributed by atoms with Crippen LogP contribution >= 0.6 is 0 Å². The maximum absolute atomic E-state index is 12.2. The van der Waals surface area contributed by atoms with Gasteiger partial charge in [-0.3, -0.25) is 4.79 Å². The SMILES string of the molecule is COC1CC(C(=O)O)N(C(=O)CCC2CCOCC2)C1. The van der Waals surface area contributed by atoms with Gasteiger partial charge in [0, 0.05) is 39.7 Å². The van der Waals surface area contributed by atoms with Crippen molar-refractivity contribution < 1.29 is 24.2 Å². The molecule has 2 heterocycles. The third-order valence-electron chi connectivity index (χ3n) is 4.31. The summed E-state index contributed by atoms with van der Waals surface area (Å²) in [6, 6.07) is -0.734. The predicted molar refractivity (Wildman–Crippen MR) is 71.3 cm³/mol. The first kappa shape index (κ1) is 15.3. The summed E-state index contributed by atoms with van der Waals surface area (Å²) in [6.07, 6.45) is 3.46. The highest BCUT2D eigenvalue weighted by Crippen LogP contribution is 2.24. The van der Waals surface area contributed by atoms with Crippen LogP contribution < -0.4 is 0 Å². The summed E-state index contributed by atoms with van der Waals surface area (Å²) >= 11 is 0. The lowest BCUT2D eigenvalue weighted by Crippen LogP contribution is -2.40. The first-order valence-electron chi connectivity index (χ1n) is 7.24. The van der Waals surface area contributed by atoms with Crippen LogP contribution in [0.1, 0.15) is 32.1 Å².